The normalized spacial score (nSPS) is 12.8. The summed E-state index contributed by atoms with van der Waals surface area (Å²) in [4.78, 5) is 0. The molecule has 2 rings (SSSR count). The highest BCUT2D eigenvalue weighted by Gasteiger charge is 2.22. The molecule has 1 aliphatic rings. The third-order valence-corrected chi connectivity index (χ3v) is 2.53. The minimum absolute atomic E-state index is 0. The maximum Gasteiger partial charge on any atom is 0.170 e. The minimum Gasteiger partial charge on any atom is -0.493 e. The predicted molar refractivity (Wildman–Crippen MR) is 68.1 cm³/mol. The number of nitrogens with zero attached hydrogens (tertiary/aromatic N) is 1. The van der Waals surface area contributed by atoms with Gasteiger partial charge >= 0.3 is 0 Å². The molecule has 92 valence electrons. The van der Waals surface area contributed by atoms with Gasteiger partial charge in [0, 0.05) is 5.57 Å². The molecule has 6 heteroatoms. The topological polar surface area (TPSA) is 77.1 Å². The molecule has 0 amide bonds. The summed E-state index contributed by atoms with van der Waals surface area (Å²) in [6.07, 6.45) is 1.83. The molecule has 0 bridgehead atoms. The van der Waals surface area contributed by atoms with E-state index in [1.54, 1.807) is 14.2 Å². The minimum atomic E-state index is 0. The van der Waals surface area contributed by atoms with Gasteiger partial charge in [0.2, 0.25) is 0 Å². The number of benzene rings is 1. The molecule has 1 aromatic carbocycles. The number of halogens is 1. The lowest BCUT2D eigenvalue weighted by Gasteiger charge is -2.21. The predicted octanol–water partition coefficient (Wildman–Crippen LogP) is 1.73. The molecular weight excluding hydrogens is 244 g/mol. The van der Waals surface area contributed by atoms with Crippen LogP contribution in [0.2, 0.25) is 0 Å². The van der Waals surface area contributed by atoms with E-state index in [4.69, 9.17) is 20.4 Å². The molecule has 5 nitrogen and oxygen atoms in total. The zero-order valence-electron chi connectivity index (χ0n) is 9.43. The van der Waals surface area contributed by atoms with E-state index < -0.39 is 0 Å². The van der Waals surface area contributed by atoms with E-state index in [0.29, 0.717) is 17.1 Å². The Morgan fingerprint density at radius 2 is 1.82 bits per heavy atom. The fraction of sp³-hybridized carbons (Fsp3) is 0.182. The molecule has 0 saturated heterocycles. The maximum atomic E-state index is 8.59. The van der Waals surface area contributed by atoms with Crippen LogP contribution in [0.4, 0.5) is 0 Å². The molecule has 0 atom stereocenters. The van der Waals surface area contributed by atoms with E-state index in [9.17, 15) is 0 Å². The molecule has 1 aliphatic carbocycles. The lowest BCUT2D eigenvalue weighted by molar-refractivity contribution is 0.319. The number of hydrogen-bond donors (Lipinski definition) is 2. The van der Waals surface area contributed by atoms with Crippen molar-refractivity contribution in [3.63, 3.8) is 0 Å². The highest BCUT2D eigenvalue weighted by molar-refractivity contribution is 6.31. The fourth-order valence-corrected chi connectivity index (χ4v) is 1.67. The number of fused-ring (bicyclic) bond motifs is 1. The van der Waals surface area contributed by atoms with Crippen molar-refractivity contribution in [3.8, 4) is 11.5 Å². The highest BCUT2D eigenvalue weighted by Crippen LogP contribution is 2.40. The molecule has 0 aliphatic heterocycles. The van der Waals surface area contributed by atoms with Crippen molar-refractivity contribution >= 4 is 29.9 Å². The summed E-state index contributed by atoms with van der Waals surface area (Å²) >= 11 is 0. The average Bonchev–Trinajstić information content (AvgIpc) is 2.30. The van der Waals surface area contributed by atoms with Gasteiger partial charge in [-0.05, 0) is 29.3 Å². The van der Waals surface area contributed by atoms with E-state index in [1.807, 2.05) is 18.2 Å². The number of amidine groups is 1. The van der Waals surface area contributed by atoms with Gasteiger partial charge in [0.25, 0.3) is 0 Å². The van der Waals surface area contributed by atoms with Crippen LogP contribution in [0.3, 0.4) is 0 Å². The molecule has 0 radical (unpaired) electrons. The van der Waals surface area contributed by atoms with Gasteiger partial charge in [0.05, 0.1) is 14.2 Å². The van der Waals surface area contributed by atoms with E-state index in [0.717, 1.165) is 11.1 Å². The molecule has 1 aromatic rings. The highest BCUT2D eigenvalue weighted by atomic mass is 35.5. The first kappa shape index (κ1) is 13.2. The van der Waals surface area contributed by atoms with Crippen LogP contribution < -0.4 is 15.2 Å². The van der Waals surface area contributed by atoms with Gasteiger partial charge in [-0.2, -0.15) is 0 Å². The molecule has 0 fully saturated rings. The van der Waals surface area contributed by atoms with Crippen molar-refractivity contribution in [1.82, 2.24) is 0 Å². The SMILES string of the molecule is COc1cc2c(cc1OC)C(C(N)=NO)=C2.Cl. The van der Waals surface area contributed by atoms with Crippen LogP contribution in [0.15, 0.2) is 17.3 Å². The smallest absolute Gasteiger partial charge is 0.170 e. The Morgan fingerprint density at radius 1 is 1.24 bits per heavy atom. The van der Waals surface area contributed by atoms with Gasteiger partial charge < -0.3 is 20.4 Å². The van der Waals surface area contributed by atoms with Crippen LogP contribution in [-0.2, 0) is 0 Å². The Balaban J connectivity index is 0.00000144. The van der Waals surface area contributed by atoms with Crippen LogP contribution in [0.5, 0.6) is 11.5 Å². The average molecular weight is 257 g/mol. The molecule has 17 heavy (non-hydrogen) atoms. The van der Waals surface area contributed by atoms with Gasteiger partial charge in [-0.3, -0.25) is 0 Å². The number of rotatable bonds is 3. The first-order chi connectivity index (χ1) is 7.71. The summed E-state index contributed by atoms with van der Waals surface area (Å²) in [6.45, 7) is 0. The Bertz CT molecular complexity index is 498. The van der Waals surface area contributed by atoms with Crippen LogP contribution in [-0.4, -0.2) is 25.3 Å². The summed E-state index contributed by atoms with van der Waals surface area (Å²) in [5, 5.41) is 11.6. The number of ether oxygens (including phenoxy) is 2. The molecular formula is C11H13ClN2O3. The standard InChI is InChI=1S/C11H12N2O3.ClH/c1-15-9-4-6-3-8(11(12)13-14)7(6)5-10(9)16-2;/h3-5,14H,1-2H3,(H2,12,13);1H. The number of oxime groups is 1. The van der Waals surface area contributed by atoms with Gasteiger partial charge in [-0.1, -0.05) is 5.16 Å². The summed E-state index contributed by atoms with van der Waals surface area (Å²) in [5.41, 5.74) is 8.10. The van der Waals surface area contributed by atoms with Crippen molar-refractivity contribution in [2.24, 2.45) is 10.9 Å². The van der Waals surface area contributed by atoms with Gasteiger partial charge in [-0.15, -0.1) is 12.4 Å². The maximum absolute atomic E-state index is 8.59. The molecule has 0 heterocycles. The second kappa shape index (κ2) is 4.97. The summed E-state index contributed by atoms with van der Waals surface area (Å²) in [6, 6.07) is 3.66. The van der Waals surface area contributed by atoms with Crippen molar-refractivity contribution in [2.75, 3.05) is 14.2 Å². The summed E-state index contributed by atoms with van der Waals surface area (Å²) in [7, 11) is 3.15. The zero-order valence-corrected chi connectivity index (χ0v) is 10.2. The quantitative estimate of drug-likeness (QED) is 0.374. The largest absolute Gasteiger partial charge is 0.493 e. The molecule has 0 aromatic heterocycles. The molecule has 0 spiro atoms. The Labute approximate surface area is 105 Å². The van der Waals surface area contributed by atoms with Crippen LogP contribution in [0.1, 0.15) is 11.1 Å². The number of hydrogen-bond acceptors (Lipinski definition) is 4. The number of nitrogens with two attached hydrogens (primary N) is 1. The van der Waals surface area contributed by atoms with Crippen molar-refractivity contribution in [2.45, 2.75) is 0 Å². The second-order valence-electron chi connectivity index (χ2n) is 3.34. The van der Waals surface area contributed by atoms with Crippen LogP contribution in [0, 0.1) is 0 Å². The van der Waals surface area contributed by atoms with Gasteiger partial charge in [0.1, 0.15) is 0 Å². The Hall–Kier alpha value is -1.88. The zero-order chi connectivity index (χ0) is 11.7. The van der Waals surface area contributed by atoms with E-state index in [1.165, 1.54) is 0 Å². The van der Waals surface area contributed by atoms with Crippen LogP contribution in [0.25, 0.3) is 11.6 Å². The summed E-state index contributed by atoms with van der Waals surface area (Å²) in [5.74, 6) is 1.38. The fourth-order valence-electron chi connectivity index (χ4n) is 1.67. The molecule has 0 unspecified atom stereocenters. The van der Waals surface area contributed by atoms with Crippen molar-refractivity contribution in [1.29, 1.82) is 0 Å². The first-order valence-corrected chi connectivity index (χ1v) is 4.67. The van der Waals surface area contributed by atoms with E-state index >= 15 is 0 Å². The second-order valence-corrected chi connectivity index (χ2v) is 3.34. The van der Waals surface area contributed by atoms with Crippen LogP contribution >= 0.6 is 12.4 Å². The first-order valence-electron chi connectivity index (χ1n) is 4.67. The van der Waals surface area contributed by atoms with E-state index in [2.05, 4.69) is 5.16 Å². The van der Waals surface area contributed by atoms with E-state index in [-0.39, 0.29) is 18.2 Å². The summed E-state index contributed by atoms with van der Waals surface area (Å²) < 4.78 is 10.3. The Morgan fingerprint density at radius 3 is 2.35 bits per heavy atom. The third kappa shape index (κ3) is 2.01. The monoisotopic (exact) mass is 256 g/mol. The lowest BCUT2D eigenvalue weighted by atomic mass is 9.87. The van der Waals surface area contributed by atoms with Crippen molar-refractivity contribution in [3.05, 3.63) is 23.3 Å². The molecule has 3 N–H and O–H groups in total. The van der Waals surface area contributed by atoms with Gasteiger partial charge in [-0.25, -0.2) is 0 Å². The lowest BCUT2D eigenvalue weighted by Crippen LogP contribution is -2.18. The van der Waals surface area contributed by atoms with Gasteiger partial charge in [0.15, 0.2) is 17.3 Å². The third-order valence-electron chi connectivity index (χ3n) is 2.53. The Kier molecular flexibility index (Phi) is 3.85. The molecule has 0 saturated carbocycles. The number of methoxy groups -OCH3 is 2. The van der Waals surface area contributed by atoms with Crippen molar-refractivity contribution < 1.29 is 14.7 Å².